The van der Waals surface area contributed by atoms with E-state index < -0.39 is 0 Å². The lowest BCUT2D eigenvalue weighted by molar-refractivity contribution is 0.154. The molecule has 1 fully saturated rings. The lowest BCUT2D eigenvalue weighted by atomic mass is 9.92. The lowest BCUT2D eigenvalue weighted by Gasteiger charge is -2.34. The Hall–Kier alpha value is -0.570. The van der Waals surface area contributed by atoms with Gasteiger partial charge < -0.3 is 4.90 Å². The summed E-state index contributed by atoms with van der Waals surface area (Å²) in [7, 11) is 2.19. The normalized spacial score (nSPS) is 19.3. The molecule has 112 valence electrons. The molecule has 0 N–H and O–H groups in total. The molecule has 0 aromatic heterocycles. The van der Waals surface area contributed by atoms with Gasteiger partial charge in [0.25, 0.3) is 0 Å². The minimum atomic E-state index is 0.0945. The molecular formula is C17H27ClN2. The van der Waals surface area contributed by atoms with E-state index in [0.717, 1.165) is 32.7 Å². The van der Waals surface area contributed by atoms with E-state index >= 15 is 0 Å². The van der Waals surface area contributed by atoms with Crippen LogP contribution in [0.1, 0.15) is 33.2 Å². The van der Waals surface area contributed by atoms with Gasteiger partial charge in [0.05, 0.1) is 5.38 Å². The number of rotatable bonds is 3. The molecular weight excluding hydrogens is 268 g/mol. The van der Waals surface area contributed by atoms with Crippen LogP contribution < -0.4 is 0 Å². The highest BCUT2D eigenvalue weighted by Gasteiger charge is 2.21. The van der Waals surface area contributed by atoms with Crippen LogP contribution in [0, 0.1) is 27.7 Å². The molecule has 0 saturated carbocycles. The molecule has 0 spiro atoms. The van der Waals surface area contributed by atoms with E-state index in [2.05, 4.69) is 50.6 Å². The van der Waals surface area contributed by atoms with E-state index in [1.54, 1.807) is 0 Å². The molecule has 0 amide bonds. The Morgan fingerprint density at radius 1 is 1.00 bits per heavy atom. The second-order valence-corrected chi connectivity index (χ2v) is 6.77. The number of nitrogens with zero attached hydrogens (tertiary/aromatic N) is 2. The van der Waals surface area contributed by atoms with E-state index in [-0.39, 0.29) is 5.38 Å². The van der Waals surface area contributed by atoms with Gasteiger partial charge in [-0.15, -0.1) is 11.6 Å². The topological polar surface area (TPSA) is 6.48 Å². The van der Waals surface area contributed by atoms with Crippen molar-refractivity contribution >= 4 is 11.6 Å². The maximum Gasteiger partial charge on any atom is 0.0717 e. The minimum absolute atomic E-state index is 0.0945. The zero-order valence-corrected chi connectivity index (χ0v) is 14.2. The number of benzene rings is 1. The van der Waals surface area contributed by atoms with Crippen molar-refractivity contribution in [2.24, 2.45) is 0 Å². The Morgan fingerprint density at radius 3 is 2.00 bits per heavy atom. The van der Waals surface area contributed by atoms with Crippen molar-refractivity contribution in [2.45, 2.75) is 33.1 Å². The number of halogens is 1. The van der Waals surface area contributed by atoms with Crippen LogP contribution in [0.3, 0.4) is 0 Å². The fourth-order valence-electron chi connectivity index (χ4n) is 3.07. The number of likely N-dealkylation sites (N-methyl/N-ethyl adjacent to an activating group) is 1. The van der Waals surface area contributed by atoms with E-state index in [1.165, 1.54) is 27.8 Å². The smallest absolute Gasteiger partial charge is 0.0717 e. The number of aryl methyl sites for hydroxylation is 2. The Kier molecular flexibility index (Phi) is 5.11. The summed E-state index contributed by atoms with van der Waals surface area (Å²) in [5.41, 5.74) is 6.78. The second kappa shape index (κ2) is 6.46. The van der Waals surface area contributed by atoms with Crippen molar-refractivity contribution in [3.8, 4) is 0 Å². The Balaban J connectivity index is 2.15. The predicted octanol–water partition coefficient (Wildman–Crippen LogP) is 3.45. The van der Waals surface area contributed by atoms with Gasteiger partial charge in [-0.2, -0.15) is 0 Å². The van der Waals surface area contributed by atoms with Gasteiger partial charge >= 0.3 is 0 Å². The van der Waals surface area contributed by atoms with Gasteiger partial charge in [0.1, 0.15) is 0 Å². The maximum absolute atomic E-state index is 6.78. The SMILES string of the molecule is Cc1cc(C)c(C)c(C(Cl)CN2CCN(C)CC2)c1C. The zero-order valence-electron chi connectivity index (χ0n) is 13.5. The molecule has 20 heavy (non-hydrogen) atoms. The van der Waals surface area contributed by atoms with Crippen LogP contribution in [0.25, 0.3) is 0 Å². The van der Waals surface area contributed by atoms with Crippen molar-refractivity contribution in [2.75, 3.05) is 39.8 Å². The predicted molar refractivity (Wildman–Crippen MR) is 87.9 cm³/mol. The Morgan fingerprint density at radius 2 is 1.50 bits per heavy atom. The third kappa shape index (κ3) is 3.36. The summed E-state index contributed by atoms with van der Waals surface area (Å²) in [6.07, 6.45) is 0. The van der Waals surface area contributed by atoms with Crippen LogP contribution in [0.5, 0.6) is 0 Å². The summed E-state index contributed by atoms with van der Waals surface area (Å²) < 4.78 is 0. The van der Waals surface area contributed by atoms with E-state index in [4.69, 9.17) is 11.6 Å². The van der Waals surface area contributed by atoms with Crippen molar-refractivity contribution in [1.82, 2.24) is 9.80 Å². The first-order valence-corrected chi connectivity index (χ1v) is 7.96. The summed E-state index contributed by atoms with van der Waals surface area (Å²) in [5.74, 6) is 0. The van der Waals surface area contributed by atoms with Gasteiger partial charge in [-0.3, -0.25) is 4.90 Å². The highest BCUT2D eigenvalue weighted by atomic mass is 35.5. The fourth-order valence-corrected chi connectivity index (χ4v) is 3.59. The lowest BCUT2D eigenvalue weighted by Crippen LogP contribution is -2.45. The number of hydrogen-bond donors (Lipinski definition) is 0. The molecule has 3 heteroatoms. The third-order valence-electron chi connectivity index (χ3n) is 4.75. The molecule has 1 heterocycles. The van der Waals surface area contributed by atoms with Gasteiger partial charge in [0.2, 0.25) is 0 Å². The van der Waals surface area contributed by atoms with Crippen LogP contribution in [0.4, 0.5) is 0 Å². The zero-order chi connectivity index (χ0) is 14.9. The summed E-state index contributed by atoms with van der Waals surface area (Å²) >= 11 is 6.78. The average Bonchev–Trinajstić information content (AvgIpc) is 2.39. The van der Waals surface area contributed by atoms with Crippen LogP contribution in [0.2, 0.25) is 0 Å². The largest absolute Gasteiger partial charge is 0.304 e. The number of hydrogen-bond acceptors (Lipinski definition) is 2. The molecule has 2 rings (SSSR count). The fraction of sp³-hybridized carbons (Fsp3) is 0.647. The molecule has 0 bridgehead atoms. The molecule has 1 unspecified atom stereocenters. The van der Waals surface area contributed by atoms with Crippen molar-refractivity contribution < 1.29 is 0 Å². The first kappa shape index (κ1) is 15.8. The van der Waals surface area contributed by atoms with E-state index in [1.807, 2.05) is 0 Å². The highest BCUT2D eigenvalue weighted by Crippen LogP contribution is 2.32. The number of alkyl halides is 1. The van der Waals surface area contributed by atoms with Gasteiger partial charge in [-0.25, -0.2) is 0 Å². The van der Waals surface area contributed by atoms with E-state index in [9.17, 15) is 0 Å². The van der Waals surface area contributed by atoms with Gasteiger partial charge in [0.15, 0.2) is 0 Å². The molecule has 2 nitrogen and oxygen atoms in total. The molecule has 0 radical (unpaired) electrons. The maximum atomic E-state index is 6.78. The quantitative estimate of drug-likeness (QED) is 0.788. The van der Waals surface area contributed by atoms with Gasteiger partial charge in [0, 0.05) is 32.7 Å². The van der Waals surface area contributed by atoms with Crippen molar-refractivity contribution in [3.63, 3.8) is 0 Å². The molecule has 1 aromatic carbocycles. The van der Waals surface area contributed by atoms with Crippen molar-refractivity contribution in [3.05, 3.63) is 33.9 Å². The second-order valence-electron chi connectivity index (χ2n) is 6.25. The summed E-state index contributed by atoms with van der Waals surface area (Å²) in [6, 6.07) is 2.27. The third-order valence-corrected chi connectivity index (χ3v) is 5.11. The minimum Gasteiger partial charge on any atom is -0.304 e. The first-order valence-electron chi connectivity index (χ1n) is 7.52. The highest BCUT2D eigenvalue weighted by molar-refractivity contribution is 6.21. The van der Waals surface area contributed by atoms with Crippen LogP contribution in [0.15, 0.2) is 6.07 Å². The molecule has 1 aromatic rings. The number of piperazine rings is 1. The Labute approximate surface area is 128 Å². The molecule has 1 aliphatic heterocycles. The van der Waals surface area contributed by atoms with Gasteiger partial charge in [-0.1, -0.05) is 6.07 Å². The molecule has 1 saturated heterocycles. The standard InChI is InChI=1S/C17H27ClN2/c1-12-10-13(2)15(4)17(14(12)3)16(18)11-20-8-6-19(5)7-9-20/h10,16H,6-9,11H2,1-5H3. The van der Waals surface area contributed by atoms with Crippen LogP contribution in [-0.4, -0.2) is 49.6 Å². The summed E-state index contributed by atoms with van der Waals surface area (Å²) in [5, 5.41) is 0.0945. The summed E-state index contributed by atoms with van der Waals surface area (Å²) in [4.78, 5) is 4.88. The van der Waals surface area contributed by atoms with E-state index in [0.29, 0.717) is 0 Å². The van der Waals surface area contributed by atoms with Crippen LogP contribution >= 0.6 is 11.6 Å². The first-order chi connectivity index (χ1) is 9.40. The average molecular weight is 295 g/mol. The monoisotopic (exact) mass is 294 g/mol. The molecule has 1 aliphatic rings. The molecule has 0 aliphatic carbocycles. The Bertz CT molecular complexity index is 450. The van der Waals surface area contributed by atoms with Gasteiger partial charge in [-0.05, 0) is 62.6 Å². The van der Waals surface area contributed by atoms with Crippen LogP contribution in [-0.2, 0) is 0 Å². The summed E-state index contributed by atoms with van der Waals surface area (Å²) in [6.45, 7) is 14.3. The van der Waals surface area contributed by atoms with Crippen molar-refractivity contribution in [1.29, 1.82) is 0 Å². The molecule has 1 atom stereocenters.